The fourth-order valence-corrected chi connectivity index (χ4v) is 2.18. The van der Waals surface area contributed by atoms with Crippen molar-refractivity contribution >= 4 is 5.91 Å². The third-order valence-corrected chi connectivity index (χ3v) is 3.87. The van der Waals surface area contributed by atoms with Crippen LogP contribution in [0.15, 0.2) is 42.5 Å². The van der Waals surface area contributed by atoms with Crippen molar-refractivity contribution in [2.75, 3.05) is 19.8 Å². The third-order valence-electron chi connectivity index (χ3n) is 3.87. The first-order valence-corrected chi connectivity index (χ1v) is 8.27. The number of ether oxygens (including phenoxy) is 2. The van der Waals surface area contributed by atoms with Crippen LogP contribution in [0.5, 0.6) is 11.5 Å². The van der Waals surface area contributed by atoms with Crippen LogP contribution in [0, 0.1) is 13.8 Å². The Morgan fingerprint density at radius 1 is 0.958 bits per heavy atom. The second-order valence-electron chi connectivity index (χ2n) is 5.73. The maximum Gasteiger partial charge on any atom is 0.258 e. The predicted molar refractivity (Wildman–Crippen MR) is 95.7 cm³/mol. The zero-order valence-corrected chi connectivity index (χ0v) is 14.6. The summed E-state index contributed by atoms with van der Waals surface area (Å²) >= 11 is 0. The van der Waals surface area contributed by atoms with Gasteiger partial charge in [0.15, 0.2) is 6.61 Å². The fraction of sp³-hybridized carbons (Fsp3) is 0.350. The van der Waals surface area contributed by atoms with Gasteiger partial charge in [-0.05, 0) is 61.2 Å². The Morgan fingerprint density at radius 2 is 1.67 bits per heavy atom. The second kappa shape index (κ2) is 8.96. The third kappa shape index (κ3) is 5.61. The Balaban J connectivity index is 1.64. The molecule has 0 aliphatic carbocycles. The van der Waals surface area contributed by atoms with Crippen molar-refractivity contribution in [3.63, 3.8) is 0 Å². The summed E-state index contributed by atoms with van der Waals surface area (Å²) in [4.78, 5) is 11.8. The number of rotatable bonds is 8. The van der Waals surface area contributed by atoms with E-state index >= 15 is 0 Å². The van der Waals surface area contributed by atoms with E-state index in [1.54, 1.807) is 0 Å². The molecule has 2 aromatic carbocycles. The standard InChI is InChI=1S/C20H25NO3/c1-4-17-6-9-18(10-7-17)23-12-11-21-20(22)14-24-19-8-5-15(2)16(3)13-19/h5-10,13H,4,11-12,14H2,1-3H3,(H,21,22). The lowest BCUT2D eigenvalue weighted by molar-refractivity contribution is -0.123. The topological polar surface area (TPSA) is 47.6 Å². The van der Waals surface area contributed by atoms with Crippen LogP contribution in [-0.2, 0) is 11.2 Å². The molecule has 0 atom stereocenters. The van der Waals surface area contributed by atoms with Crippen LogP contribution in [0.4, 0.5) is 0 Å². The molecule has 1 amide bonds. The van der Waals surface area contributed by atoms with Crippen molar-refractivity contribution in [1.82, 2.24) is 5.32 Å². The van der Waals surface area contributed by atoms with Crippen molar-refractivity contribution in [3.8, 4) is 11.5 Å². The van der Waals surface area contributed by atoms with Crippen molar-refractivity contribution in [2.45, 2.75) is 27.2 Å². The first-order valence-electron chi connectivity index (χ1n) is 8.27. The van der Waals surface area contributed by atoms with Gasteiger partial charge in [-0.15, -0.1) is 0 Å². The molecule has 0 bridgehead atoms. The van der Waals surface area contributed by atoms with E-state index in [0.29, 0.717) is 18.9 Å². The number of benzene rings is 2. The minimum Gasteiger partial charge on any atom is -0.492 e. The largest absolute Gasteiger partial charge is 0.492 e. The highest BCUT2D eigenvalue weighted by molar-refractivity contribution is 5.77. The zero-order valence-electron chi connectivity index (χ0n) is 14.6. The van der Waals surface area contributed by atoms with Gasteiger partial charge in [-0.3, -0.25) is 4.79 Å². The second-order valence-corrected chi connectivity index (χ2v) is 5.73. The van der Waals surface area contributed by atoms with Gasteiger partial charge in [0.05, 0.1) is 6.54 Å². The summed E-state index contributed by atoms with van der Waals surface area (Å²) in [6.07, 6.45) is 1.01. The van der Waals surface area contributed by atoms with E-state index < -0.39 is 0 Å². The lowest BCUT2D eigenvalue weighted by atomic mass is 10.1. The van der Waals surface area contributed by atoms with Gasteiger partial charge in [-0.25, -0.2) is 0 Å². The lowest BCUT2D eigenvalue weighted by Crippen LogP contribution is -2.32. The molecule has 0 fully saturated rings. The molecule has 2 rings (SSSR count). The summed E-state index contributed by atoms with van der Waals surface area (Å²) in [6.45, 7) is 7.07. The molecule has 0 aromatic heterocycles. The van der Waals surface area contributed by atoms with E-state index in [-0.39, 0.29) is 12.5 Å². The van der Waals surface area contributed by atoms with Crippen LogP contribution in [0.1, 0.15) is 23.6 Å². The summed E-state index contributed by atoms with van der Waals surface area (Å²) in [7, 11) is 0. The van der Waals surface area contributed by atoms with E-state index in [2.05, 4.69) is 12.2 Å². The van der Waals surface area contributed by atoms with Gasteiger partial charge >= 0.3 is 0 Å². The van der Waals surface area contributed by atoms with Crippen LogP contribution in [0.2, 0.25) is 0 Å². The number of hydrogen-bond donors (Lipinski definition) is 1. The highest BCUT2D eigenvalue weighted by Gasteiger charge is 2.03. The summed E-state index contributed by atoms with van der Waals surface area (Å²) in [6, 6.07) is 13.8. The van der Waals surface area contributed by atoms with Crippen LogP contribution < -0.4 is 14.8 Å². The first-order chi connectivity index (χ1) is 11.6. The van der Waals surface area contributed by atoms with Gasteiger partial charge in [0.2, 0.25) is 0 Å². The van der Waals surface area contributed by atoms with Crippen molar-refractivity contribution in [3.05, 3.63) is 59.2 Å². The molecule has 4 heteroatoms. The molecule has 0 aliphatic heterocycles. The molecular weight excluding hydrogens is 302 g/mol. The van der Waals surface area contributed by atoms with Gasteiger partial charge in [0.1, 0.15) is 18.1 Å². The molecule has 4 nitrogen and oxygen atoms in total. The molecule has 0 heterocycles. The van der Waals surface area contributed by atoms with Crippen molar-refractivity contribution < 1.29 is 14.3 Å². The first kappa shape index (κ1) is 17.9. The van der Waals surface area contributed by atoms with Gasteiger partial charge in [0, 0.05) is 0 Å². The Labute approximate surface area is 143 Å². The minimum absolute atomic E-state index is 0.00764. The minimum atomic E-state index is -0.154. The molecule has 0 spiro atoms. The molecule has 0 saturated heterocycles. The quantitative estimate of drug-likeness (QED) is 0.756. The van der Waals surface area contributed by atoms with Gasteiger partial charge in [-0.1, -0.05) is 25.1 Å². The van der Waals surface area contributed by atoms with E-state index in [1.807, 2.05) is 56.3 Å². The Morgan fingerprint density at radius 3 is 2.33 bits per heavy atom. The Kier molecular flexibility index (Phi) is 6.67. The summed E-state index contributed by atoms with van der Waals surface area (Å²) in [5, 5.41) is 2.78. The number of amides is 1. The average Bonchev–Trinajstić information content (AvgIpc) is 2.60. The monoisotopic (exact) mass is 327 g/mol. The molecule has 1 N–H and O–H groups in total. The fourth-order valence-electron chi connectivity index (χ4n) is 2.18. The van der Waals surface area contributed by atoms with E-state index in [1.165, 1.54) is 11.1 Å². The average molecular weight is 327 g/mol. The highest BCUT2D eigenvalue weighted by atomic mass is 16.5. The molecular formula is C20H25NO3. The van der Waals surface area contributed by atoms with Crippen molar-refractivity contribution in [1.29, 1.82) is 0 Å². The maximum atomic E-state index is 11.8. The zero-order chi connectivity index (χ0) is 17.4. The molecule has 24 heavy (non-hydrogen) atoms. The van der Waals surface area contributed by atoms with Crippen LogP contribution in [0.3, 0.4) is 0 Å². The molecule has 0 unspecified atom stereocenters. The van der Waals surface area contributed by atoms with Crippen LogP contribution >= 0.6 is 0 Å². The van der Waals surface area contributed by atoms with Gasteiger partial charge in [-0.2, -0.15) is 0 Å². The van der Waals surface area contributed by atoms with Gasteiger partial charge < -0.3 is 14.8 Å². The Bertz CT molecular complexity index is 665. The van der Waals surface area contributed by atoms with Crippen molar-refractivity contribution in [2.24, 2.45) is 0 Å². The van der Waals surface area contributed by atoms with E-state index in [9.17, 15) is 4.79 Å². The van der Waals surface area contributed by atoms with Gasteiger partial charge in [0.25, 0.3) is 5.91 Å². The maximum absolute atomic E-state index is 11.8. The molecule has 0 aliphatic rings. The lowest BCUT2D eigenvalue weighted by Gasteiger charge is -2.10. The highest BCUT2D eigenvalue weighted by Crippen LogP contribution is 2.16. The number of nitrogens with one attached hydrogen (secondary N) is 1. The number of hydrogen-bond acceptors (Lipinski definition) is 3. The molecule has 128 valence electrons. The summed E-state index contributed by atoms with van der Waals surface area (Å²) < 4.78 is 11.1. The molecule has 0 radical (unpaired) electrons. The molecule has 0 saturated carbocycles. The summed E-state index contributed by atoms with van der Waals surface area (Å²) in [5.74, 6) is 1.37. The smallest absolute Gasteiger partial charge is 0.258 e. The predicted octanol–water partition coefficient (Wildman–Crippen LogP) is 3.44. The number of carbonyl (C=O) groups excluding carboxylic acids is 1. The normalized spacial score (nSPS) is 10.3. The molecule has 2 aromatic rings. The number of carbonyl (C=O) groups is 1. The number of aryl methyl sites for hydroxylation is 3. The Hall–Kier alpha value is -2.49. The van der Waals surface area contributed by atoms with E-state index in [0.717, 1.165) is 17.7 Å². The van der Waals surface area contributed by atoms with Crippen LogP contribution in [-0.4, -0.2) is 25.7 Å². The summed E-state index contributed by atoms with van der Waals surface area (Å²) in [5.41, 5.74) is 3.63. The van der Waals surface area contributed by atoms with Crippen LogP contribution in [0.25, 0.3) is 0 Å². The van der Waals surface area contributed by atoms with E-state index in [4.69, 9.17) is 9.47 Å². The SMILES string of the molecule is CCc1ccc(OCCNC(=O)COc2ccc(C)c(C)c2)cc1.